The zero-order chi connectivity index (χ0) is 13.8. The number of benzene rings is 1. The number of ether oxygens (including phenoxy) is 1. The van der Waals surface area contributed by atoms with E-state index in [9.17, 15) is 4.79 Å². The number of nitrogens with two attached hydrogens (primary N) is 1. The van der Waals surface area contributed by atoms with Crippen LogP contribution in [0.4, 0.5) is 0 Å². The largest absolute Gasteiger partial charge is 0.458 e. The second-order valence-corrected chi connectivity index (χ2v) is 5.44. The van der Waals surface area contributed by atoms with Crippen LogP contribution >= 0.6 is 0 Å². The van der Waals surface area contributed by atoms with Gasteiger partial charge in [-0.15, -0.1) is 0 Å². The summed E-state index contributed by atoms with van der Waals surface area (Å²) in [6, 6.07) is 8.08. The molecule has 1 rings (SSSR count). The minimum atomic E-state index is -0.408. The molecule has 1 aromatic rings. The molecule has 0 bridgehead atoms. The quantitative estimate of drug-likeness (QED) is 0.660. The molecule has 0 spiro atoms. The number of esters is 1. The SMILES string of the molecule is C/C(N)=C/C(=O)OCc1ccc(C(C)(C)C)cc1. The summed E-state index contributed by atoms with van der Waals surface area (Å²) in [6.45, 7) is 8.41. The van der Waals surface area contributed by atoms with Gasteiger partial charge in [-0.1, -0.05) is 45.0 Å². The number of allylic oxidation sites excluding steroid dienone is 1. The Balaban J connectivity index is 2.60. The fourth-order valence-corrected chi connectivity index (χ4v) is 1.48. The van der Waals surface area contributed by atoms with Gasteiger partial charge < -0.3 is 10.5 Å². The van der Waals surface area contributed by atoms with Crippen molar-refractivity contribution in [1.82, 2.24) is 0 Å². The molecule has 0 amide bonds. The molecule has 0 aliphatic heterocycles. The molecule has 0 unspecified atom stereocenters. The first-order valence-electron chi connectivity index (χ1n) is 5.99. The fourth-order valence-electron chi connectivity index (χ4n) is 1.48. The number of carbonyl (C=O) groups excluding carboxylic acids is 1. The third kappa shape index (κ3) is 4.62. The molecule has 0 aliphatic rings. The second-order valence-electron chi connectivity index (χ2n) is 5.44. The average molecular weight is 247 g/mol. The zero-order valence-corrected chi connectivity index (χ0v) is 11.5. The minimum Gasteiger partial charge on any atom is -0.458 e. The van der Waals surface area contributed by atoms with Gasteiger partial charge in [-0.3, -0.25) is 0 Å². The summed E-state index contributed by atoms with van der Waals surface area (Å²) >= 11 is 0. The molecule has 98 valence electrons. The molecule has 0 aromatic heterocycles. The van der Waals surface area contributed by atoms with E-state index in [4.69, 9.17) is 10.5 Å². The van der Waals surface area contributed by atoms with Crippen LogP contribution in [0.1, 0.15) is 38.8 Å². The van der Waals surface area contributed by atoms with Crippen molar-refractivity contribution in [3.05, 3.63) is 47.2 Å². The van der Waals surface area contributed by atoms with E-state index in [0.717, 1.165) is 5.56 Å². The van der Waals surface area contributed by atoms with Crippen LogP contribution < -0.4 is 5.73 Å². The van der Waals surface area contributed by atoms with Crippen LogP contribution in [0.2, 0.25) is 0 Å². The van der Waals surface area contributed by atoms with Crippen LogP contribution in [0, 0.1) is 0 Å². The topological polar surface area (TPSA) is 52.3 Å². The Morgan fingerprint density at radius 3 is 2.28 bits per heavy atom. The Bertz CT molecular complexity index is 435. The molecule has 3 heteroatoms. The lowest BCUT2D eigenvalue weighted by Crippen LogP contribution is -2.11. The Morgan fingerprint density at radius 2 is 1.83 bits per heavy atom. The van der Waals surface area contributed by atoms with Crippen molar-refractivity contribution in [3.63, 3.8) is 0 Å². The highest BCUT2D eigenvalue weighted by Crippen LogP contribution is 2.22. The number of hydrogen-bond donors (Lipinski definition) is 1. The molecule has 0 radical (unpaired) electrons. The van der Waals surface area contributed by atoms with E-state index in [1.165, 1.54) is 11.6 Å². The van der Waals surface area contributed by atoms with Crippen LogP contribution in [0.3, 0.4) is 0 Å². The lowest BCUT2D eigenvalue weighted by molar-refractivity contribution is -0.139. The summed E-state index contributed by atoms with van der Waals surface area (Å²) in [7, 11) is 0. The summed E-state index contributed by atoms with van der Waals surface area (Å²) in [5.74, 6) is -0.408. The smallest absolute Gasteiger partial charge is 0.332 e. The standard InChI is InChI=1S/C15H21NO2/c1-11(16)9-14(17)18-10-12-5-7-13(8-6-12)15(2,3)4/h5-9H,10,16H2,1-4H3/b11-9-. The van der Waals surface area contributed by atoms with Crippen LogP contribution in [0.25, 0.3) is 0 Å². The first-order chi connectivity index (χ1) is 8.29. The predicted octanol–water partition coefficient (Wildman–Crippen LogP) is 2.89. The molecule has 0 aliphatic carbocycles. The number of carbonyl (C=O) groups is 1. The van der Waals surface area contributed by atoms with Crippen molar-refractivity contribution < 1.29 is 9.53 Å². The molecule has 0 heterocycles. The maximum absolute atomic E-state index is 11.3. The van der Waals surface area contributed by atoms with Crippen molar-refractivity contribution in [3.8, 4) is 0 Å². The summed E-state index contributed by atoms with van der Waals surface area (Å²) in [5, 5.41) is 0. The Hall–Kier alpha value is -1.77. The summed E-state index contributed by atoms with van der Waals surface area (Å²) in [5.41, 5.74) is 8.20. The Kier molecular flexibility index (Phi) is 4.54. The van der Waals surface area contributed by atoms with Gasteiger partial charge in [-0.2, -0.15) is 0 Å². The van der Waals surface area contributed by atoms with Crippen molar-refractivity contribution >= 4 is 5.97 Å². The van der Waals surface area contributed by atoms with Crippen molar-refractivity contribution in [1.29, 1.82) is 0 Å². The first kappa shape index (κ1) is 14.3. The molecule has 0 saturated heterocycles. The monoisotopic (exact) mass is 247 g/mol. The van der Waals surface area contributed by atoms with Gasteiger partial charge in [0.2, 0.25) is 0 Å². The Labute approximate surface area is 109 Å². The van der Waals surface area contributed by atoms with E-state index in [2.05, 4.69) is 32.9 Å². The van der Waals surface area contributed by atoms with E-state index in [1.807, 2.05) is 12.1 Å². The molecule has 0 atom stereocenters. The van der Waals surface area contributed by atoms with E-state index in [-0.39, 0.29) is 12.0 Å². The lowest BCUT2D eigenvalue weighted by Gasteiger charge is -2.19. The molecule has 0 saturated carbocycles. The van der Waals surface area contributed by atoms with Gasteiger partial charge in [0.15, 0.2) is 0 Å². The maximum atomic E-state index is 11.3. The minimum absolute atomic E-state index is 0.134. The van der Waals surface area contributed by atoms with Gasteiger partial charge in [-0.25, -0.2) is 4.79 Å². The summed E-state index contributed by atoms with van der Waals surface area (Å²) in [6.07, 6.45) is 1.28. The van der Waals surface area contributed by atoms with Gasteiger partial charge in [0.25, 0.3) is 0 Å². The number of hydrogen-bond acceptors (Lipinski definition) is 3. The van der Waals surface area contributed by atoms with Crippen LogP contribution in [0.5, 0.6) is 0 Å². The molecule has 3 nitrogen and oxygen atoms in total. The van der Waals surface area contributed by atoms with Crippen LogP contribution in [0.15, 0.2) is 36.0 Å². The molecular weight excluding hydrogens is 226 g/mol. The second kappa shape index (κ2) is 5.71. The molecule has 1 aromatic carbocycles. The van der Waals surface area contributed by atoms with E-state index >= 15 is 0 Å². The number of rotatable bonds is 3. The normalized spacial score (nSPS) is 12.3. The molecule has 18 heavy (non-hydrogen) atoms. The van der Waals surface area contributed by atoms with Crippen molar-refractivity contribution in [2.24, 2.45) is 5.73 Å². The average Bonchev–Trinajstić information content (AvgIpc) is 2.25. The fraction of sp³-hybridized carbons (Fsp3) is 0.400. The van der Waals surface area contributed by atoms with E-state index in [1.54, 1.807) is 6.92 Å². The third-order valence-electron chi connectivity index (χ3n) is 2.55. The first-order valence-corrected chi connectivity index (χ1v) is 5.99. The van der Waals surface area contributed by atoms with Gasteiger partial charge >= 0.3 is 5.97 Å². The summed E-state index contributed by atoms with van der Waals surface area (Å²) < 4.78 is 5.07. The zero-order valence-electron chi connectivity index (χ0n) is 11.5. The highest BCUT2D eigenvalue weighted by atomic mass is 16.5. The van der Waals surface area contributed by atoms with Crippen LogP contribution in [-0.2, 0) is 21.6 Å². The van der Waals surface area contributed by atoms with Gasteiger partial charge in [0, 0.05) is 11.8 Å². The van der Waals surface area contributed by atoms with E-state index < -0.39 is 5.97 Å². The van der Waals surface area contributed by atoms with Crippen LogP contribution in [-0.4, -0.2) is 5.97 Å². The van der Waals surface area contributed by atoms with Gasteiger partial charge in [0.1, 0.15) is 6.61 Å². The van der Waals surface area contributed by atoms with Gasteiger partial charge in [0.05, 0.1) is 0 Å². The van der Waals surface area contributed by atoms with Gasteiger partial charge in [-0.05, 0) is 23.5 Å². The van der Waals surface area contributed by atoms with Crippen molar-refractivity contribution in [2.75, 3.05) is 0 Å². The lowest BCUT2D eigenvalue weighted by atomic mass is 9.87. The predicted molar refractivity (Wildman–Crippen MR) is 72.9 cm³/mol. The van der Waals surface area contributed by atoms with E-state index in [0.29, 0.717) is 5.70 Å². The highest BCUT2D eigenvalue weighted by molar-refractivity contribution is 5.82. The highest BCUT2D eigenvalue weighted by Gasteiger charge is 2.12. The van der Waals surface area contributed by atoms with Crippen molar-refractivity contribution in [2.45, 2.75) is 39.7 Å². The molecule has 2 N–H and O–H groups in total. The third-order valence-corrected chi connectivity index (χ3v) is 2.55. The summed E-state index contributed by atoms with van der Waals surface area (Å²) in [4.78, 5) is 11.3. The molecule has 0 fully saturated rings. The maximum Gasteiger partial charge on any atom is 0.332 e. The molecular formula is C15H21NO2. The Morgan fingerprint density at radius 1 is 1.28 bits per heavy atom.